The van der Waals surface area contributed by atoms with Crippen molar-refractivity contribution in [2.75, 3.05) is 29.4 Å². The van der Waals surface area contributed by atoms with E-state index in [4.69, 9.17) is 0 Å². The third-order valence-corrected chi connectivity index (χ3v) is 5.82. The molecule has 1 fully saturated rings. The number of aromatic nitrogens is 4. The number of fused-ring (bicyclic) bond motifs is 2. The molecule has 0 aliphatic carbocycles. The van der Waals surface area contributed by atoms with Crippen molar-refractivity contribution >= 4 is 23.1 Å². The Kier molecular flexibility index (Phi) is 4.37. The number of carbonyl (C=O) groups excluding carboxylic acids is 1. The van der Waals surface area contributed by atoms with Crippen LogP contribution in [0.3, 0.4) is 0 Å². The summed E-state index contributed by atoms with van der Waals surface area (Å²) < 4.78 is 40.0. The van der Waals surface area contributed by atoms with E-state index in [-0.39, 0.29) is 17.5 Å². The number of piperidine rings is 1. The van der Waals surface area contributed by atoms with E-state index in [1.54, 1.807) is 6.07 Å². The molecule has 0 N–H and O–H groups in total. The largest absolute Gasteiger partial charge is 0.453 e. The van der Waals surface area contributed by atoms with Crippen molar-refractivity contribution in [1.29, 1.82) is 0 Å². The molecule has 4 heterocycles. The second-order valence-electron chi connectivity index (χ2n) is 7.61. The molecular weight excluding hydrogens is 397 g/mol. The first-order valence-electron chi connectivity index (χ1n) is 9.86. The molecule has 2 aliphatic rings. The molecule has 0 unspecified atom stereocenters. The van der Waals surface area contributed by atoms with Gasteiger partial charge in [-0.3, -0.25) is 4.79 Å². The number of nitrogens with zero attached hydrogens (tertiary/aromatic N) is 6. The number of anilines is 2. The van der Waals surface area contributed by atoms with E-state index in [0.717, 1.165) is 16.6 Å². The summed E-state index contributed by atoms with van der Waals surface area (Å²) in [5.74, 6) is -0.694. The smallest absolute Gasteiger partial charge is 0.355 e. The second-order valence-corrected chi connectivity index (χ2v) is 7.61. The Labute approximate surface area is 170 Å². The predicted octanol–water partition coefficient (Wildman–Crippen LogP) is 2.95. The van der Waals surface area contributed by atoms with E-state index in [0.29, 0.717) is 38.3 Å². The Morgan fingerprint density at radius 2 is 1.77 bits per heavy atom. The lowest BCUT2D eigenvalue weighted by atomic mass is 9.95. The SMILES string of the molecule is O=C(C1CCN(c2ccc3nnc(C(F)(F)F)n3n2)CC1)N1CCc2ccccc21. The number of hydrogen-bond acceptors (Lipinski definition) is 5. The summed E-state index contributed by atoms with van der Waals surface area (Å²) in [5, 5.41) is 10.8. The minimum absolute atomic E-state index is 0.0452. The molecule has 0 radical (unpaired) electrons. The van der Waals surface area contributed by atoms with E-state index >= 15 is 0 Å². The first-order valence-corrected chi connectivity index (χ1v) is 9.86. The molecule has 30 heavy (non-hydrogen) atoms. The number of amides is 1. The van der Waals surface area contributed by atoms with E-state index in [1.165, 1.54) is 11.6 Å². The minimum atomic E-state index is -4.63. The molecule has 1 saturated heterocycles. The maximum atomic E-state index is 13.1. The van der Waals surface area contributed by atoms with Crippen LogP contribution in [0.2, 0.25) is 0 Å². The zero-order valence-corrected chi connectivity index (χ0v) is 16.0. The number of rotatable bonds is 2. The van der Waals surface area contributed by atoms with Crippen LogP contribution in [-0.4, -0.2) is 45.4 Å². The van der Waals surface area contributed by atoms with Crippen LogP contribution in [0.15, 0.2) is 36.4 Å². The van der Waals surface area contributed by atoms with Gasteiger partial charge < -0.3 is 9.80 Å². The van der Waals surface area contributed by atoms with Crippen molar-refractivity contribution in [1.82, 2.24) is 19.8 Å². The van der Waals surface area contributed by atoms with Gasteiger partial charge in [0.2, 0.25) is 5.91 Å². The quantitative estimate of drug-likeness (QED) is 0.643. The van der Waals surface area contributed by atoms with Gasteiger partial charge in [-0.25, -0.2) is 0 Å². The highest BCUT2D eigenvalue weighted by Crippen LogP contribution is 2.32. The van der Waals surface area contributed by atoms with E-state index in [9.17, 15) is 18.0 Å². The fraction of sp³-hybridized carbons (Fsp3) is 0.400. The van der Waals surface area contributed by atoms with Gasteiger partial charge in [0.15, 0.2) is 5.65 Å². The molecule has 5 rings (SSSR count). The van der Waals surface area contributed by atoms with Crippen LogP contribution in [-0.2, 0) is 17.4 Å². The Balaban J connectivity index is 1.30. The van der Waals surface area contributed by atoms with Crippen molar-refractivity contribution in [2.24, 2.45) is 5.92 Å². The lowest BCUT2D eigenvalue weighted by molar-refractivity contribution is -0.146. The van der Waals surface area contributed by atoms with Crippen LogP contribution < -0.4 is 9.80 Å². The van der Waals surface area contributed by atoms with Gasteiger partial charge in [-0.1, -0.05) is 18.2 Å². The summed E-state index contributed by atoms with van der Waals surface area (Å²) in [6.45, 7) is 1.80. The molecule has 0 bridgehead atoms. The van der Waals surface area contributed by atoms with Crippen molar-refractivity contribution in [3.63, 3.8) is 0 Å². The monoisotopic (exact) mass is 416 g/mol. The lowest BCUT2D eigenvalue weighted by Gasteiger charge is -2.33. The summed E-state index contributed by atoms with van der Waals surface area (Å²) in [6.07, 6.45) is -2.50. The topological polar surface area (TPSA) is 66.6 Å². The molecule has 0 spiro atoms. The highest BCUT2D eigenvalue weighted by atomic mass is 19.4. The zero-order chi connectivity index (χ0) is 20.9. The van der Waals surface area contributed by atoms with Gasteiger partial charge in [-0.15, -0.1) is 15.3 Å². The van der Waals surface area contributed by atoms with Gasteiger partial charge >= 0.3 is 6.18 Å². The summed E-state index contributed by atoms with van der Waals surface area (Å²) in [5.41, 5.74) is 2.23. The maximum absolute atomic E-state index is 13.1. The Morgan fingerprint density at radius 3 is 2.53 bits per heavy atom. The number of alkyl halides is 3. The van der Waals surface area contributed by atoms with Crippen LogP contribution >= 0.6 is 0 Å². The minimum Gasteiger partial charge on any atom is -0.355 e. The third-order valence-electron chi connectivity index (χ3n) is 5.82. The molecule has 156 valence electrons. The molecule has 1 amide bonds. The van der Waals surface area contributed by atoms with Crippen LogP contribution in [0.5, 0.6) is 0 Å². The summed E-state index contributed by atoms with van der Waals surface area (Å²) in [6, 6.07) is 11.1. The Morgan fingerprint density at radius 1 is 1.00 bits per heavy atom. The molecule has 7 nitrogen and oxygen atoms in total. The number of hydrogen-bond donors (Lipinski definition) is 0. The summed E-state index contributed by atoms with van der Waals surface area (Å²) in [4.78, 5) is 16.8. The van der Waals surface area contributed by atoms with Crippen molar-refractivity contribution in [2.45, 2.75) is 25.4 Å². The average molecular weight is 416 g/mol. The number of halogens is 3. The van der Waals surface area contributed by atoms with E-state index < -0.39 is 12.0 Å². The van der Waals surface area contributed by atoms with Crippen LogP contribution in [0, 0.1) is 5.92 Å². The van der Waals surface area contributed by atoms with Crippen molar-refractivity contribution < 1.29 is 18.0 Å². The van der Waals surface area contributed by atoms with Gasteiger partial charge in [-0.2, -0.15) is 17.7 Å². The van der Waals surface area contributed by atoms with Crippen LogP contribution in [0.25, 0.3) is 5.65 Å². The third kappa shape index (κ3) is 3.16. The molecule has 3 aromatic rings. The molecular formula is C20H19F3N6O. The van der Waals surface area contributed by atoms with Crippen molar-refractivity contribution in [3.8, 4) is 0 Å². The van der Waals surface area contributed by atoms with Gasteiger partial charge in [0.25, 0.3) is 5.82 Å². The molecule has 2 aromatic heterocycles. The van der Waals surface area contributed by atoms with Gasteiger partial charge in [0, 0.05) is 31.2 Å². The first-order chi connectivity index (χ1) is 14.4. The van der Waals surface area contributed by atoms with Gasteiger partial charge in [0.05, 0.1) is 0 Å². The Bertz CT molecular complexity index is 1100. The summed E-state index contributed by atoms with van der Waals surface area (Å²) >= 11 is 0. The highest BCUT2D eigenvalue weighted by molar-refractivity contribution is 5.97. The van der Waals surface area contributed by atoms with Crippen molar-refractivity contribution in [3.05, 3.63) is 47.8 Å². The number of para-hydroxylation sites is 1. The standard InChI is InChI=1S/C20H19F3N6O/c21-20(22,23)19-25-24-16-5-6-17(26-29(16)19)27-10-7-14(8-11-27)18(30)28-12-9-13-3-1-2-4-15(13)28/h1-6,14H,7-12H2. The average Bonchev–Trinajstić information content (AvgIpc) is 3.37. The van der Waals surface area contributed by atoms with E-state index in [1.807, 2.05) is 34.1 Å². The molecule has 0 saturated carbocycles. The number of carbonyl (C=O) groups is 1. The van der Waals surface area contributed by atoms with Crippen LogP contribution in [0.1, 0.15) is 24.2 Å². The van der Waals surface area contributed by atoms with Crippen LogP contribution in [0.4, 0.5) is 24.7 Å². The summed E-state index contributed by atoms with van der Waals surface area (Å²) in [7, 11) is 0. The molecule has 10 heteroatoms. The second kappa shape index (κ2) is 6.96. The van der Waals surface area contributed by atoms with Gasteiger partial charge in [-0.05, 0) is 43.0 Å². The maximum Gasteiger partial charge on any atom is 0.453 e. The van der Waals surface area contributed by atoms with E-state index in [2.05, 4.69) is 15.3 Å². The predicted molar refractivity (Wildman–Crippen MR) is 103 cm³/mol. The van der Waals surface area contributed by atoms with Gasteiger partial charge in [0.1, 0.15) is 5.82 Å². The lowest BCUT2D eigenvalue weighted by Crippen LogP contribution is -2.42. The normalized spacial score (nSPS) is 17.6. The molecule has 1 aromatic carbocycles. The molecule has 0 atom stereocenters. The Hall–Kier alpha value is -3.17. The number of benzene rings is 1. The zero-order valence-electron chi connectivity index (χ0n) is 16.0. The first kappa shape index (κ1) is 18.8. The molecule has 2 aliphatic heterocycles. The fourth-order valence-corrected chi connectivity index (χ4v) is 4.27. The highest BCUT2D eigenvalue weighted by Gasteiger charge is 2.38. The fourth-order valence-electron chi connectivity index (χ4n) is 4.27.